The van der Waals surface area contributed by atoms with Gasteiger partial charge in [-0.25, -0.2) is 14.4 Å². The van der Waals surface area contributed by atoms with Crippen LogP contribution in [0.1, 0.15) is 36.6 Å². The molecule has 0 saturated carbocycles. The largest absolute Gasteiger partial charge is 0.497 e. The third-order valence-electron chi connectivity index (χ3n) is 5.13. The highest BCUT2D eigenvalue weighted by Crippen LogP contribution is 2.27. The fourth-order valence-corrected chi connectivity index (χ4v) is 3.25. The summed E-state index contributed by atoms with van der Waals surface area (Å²) in [4.78, 5) is 38.2. The van der Waals surface area contributed by atoms with E-state index in [-0.39, 0.29) is 29.2 Å². The van der Waals surface area contributed by atoms with Crippen LogP contribution < -0.4 is 14.2 Å². The number of hydrogen-bond donors (Lipinski definition) is 0. The molecule has 0 aliphatic carbocycles. The molecule has 0 N–H and O–H groups in total. The van der Waals surface area contributed by atoms with Gasteiger partial charge in [0.15, 0.2) is 0 Å². The molecule has 36 heavy (non-hydrogen) atoms. The maximum Gasteiger partial charge on any atom is 0.343 e. The first-order valence-corrected chi connectivity index (χ1v) is 11.0. The van der Waals surface area contributed by atoms with E-state index in [2.05, 4.69) is 0 Å². The van der Waals surface area contributed by atoms with Crippen molar-refractivity contribution in [3.8, 4) is 17.2 Å². The molecule has 0 unspecified atom stereocenters. The molecule has 4 aromatic rings. The molecule has 0 radical (unpaired) electrons. The summed E-state index contributed by atoms with van der Waals surface area (Å²) < 4.78 is 21.5. The van der Waals surface area contributed by atoms with Crippen molar-refractivity contribution in [3.05, 3.63) is 125 Å². The summed E-state index contributed by atoms with van der Waals surface area (Å²) in [6.45, 7) is 0.0135. The predicted octanol–water partition coefficient (Wildman–Crippen LogP) is 5.49. The van der Waals surface area contributed by atoms with Crippen molar-refractivity contribution in [2.45, 2.75) is 6.61 Å². The minimum atomic E-state index is -0.742. The van der Waals surface area contributed by atoms with Crippen LogP contribution >= 0.6 is 0 Å². The predicted molar refractivity (Wildman–Crippen MR) is 131 cm³/mol. The van der Waals surface area contributed by atoms with E-state index in [4.69, 9.17) is 18.9 Å². The van der Waals surface area contributed by atoms with E-state index in [9.17, 15) is 14.4 Å². The second-order valence-electron chi connectivity index (χ2n) is 7.59. The maximum atomic E-state index is 13.0. The van der Waals surface area contributed by atoms with Crippen LogP contribution in [-0.2, 0) is 11.3 Å². The van der Waals surface area contributed by atoms with Gasteiger partial charge in [-0.2, -0.15) is 0 Å². The van der Waals surface area contributed by atoms with Crippen LogP contribution in [0, 0.1) is 0 Å². The molecule has 0 aliphatic heterocycles. The summed E-state index contributed by atoms with van der Waals surface area (Å²) in [6.07, 6.45) is 0. The normalized spacial score (nSPS) is 10.2. The zero-order valence-corrected chi connectivity index (χ0v) is 19.4. The van der Waals surface area contributed by atoms with E-state index in [0.29, 0.717) is 11.3 Å². The van der Waals surface area contributed by atoms with Gasteiger partial charge < -0.3 is 18.9 Å². The molecular weight excluding hydrogens is 460 g/mol. The van der Waals surface area contributed by atoms with Crippen LogP contribution in [0.5, 0.6) is 17.2 Å². The fraction of sp³-hybridized carbons (Fsp3) is 0.0690. The molecule has 0 aromatic heterocycles. The average molecular weight is 482 g/mol. The number of rotatable bonds is 8. The third-order valence-corrected chi connectivity index (χ3v) is 5.13. The molecule has 0 saturated heterocycles. The third kappa shape index (κ3) is 6.15. The van der Waals surface area contributed by atoms with E-state index in [0.717, 1.165) is 5.56 Å². The topological polar surface area (TPSA) is 88.1 Å². The number of carbonyl (C=O) groups excluding carboxylic acids is 3. The molecule has 0 amide bonds. The molecule has 0 atom stereocenters. The van der Waals surface area contributed by atoms with Crippen LogP contribution in [0.15, 0.2) is 103 Å². The van der Waals surface area contributed by atoms with Crippen LogP contribution in [0.3, 0.4) is 0 Å². The van der Waals surface area contributed by atoms with Crippen molar-refractivity contribution >= 4 is 17.9 Å². The Labute approximate surface area is 207 Å². The van der Waals surface area contributed by atoms with Crippen molar-refractivity contribution < 1.29 is 33.3 Å². The van der Waals surface area contributed by atoms with Gasteiger partial charge in [0.05, 0.1) is 18.2 Å². The second-order valence-corrected chi connectivity index (χ2v) is 7.59. The Bertz CT molecular complexity index is 1350. The lowest BCUT2D eigenvalue weighted by Crippen LogP contribution is -2.14. The summed E-state index contributed by atoms with van der Waals surface area (Å²) >= 11 is 0. The molecule has 4 aromatic carbocycles. The SMILES string of the molecule is COc1ccc(C(=O)Oc2ccc(OC(=O)c3ccccc3)cc2C(=O)OCc2ccccc2)cc1. The minimum Gasteiger partial charge on any atom is -0.497 e. The van der Waals surface area contributed by atoms with Crippen molar-refractivity contribution in [2.24, 2.45) is 0 Å². The quantitative estimate of drug-likeness (QED) is 0.242. The van der Waals surface area contributed by atoms with Gasteiger partial charge in [0.25, 0.3) is 0 Å². The van der Waals surface area contributed by atoms with Crippen molar-refractivity contribution in [1.29, 1.82) is 0 Å². The van der Waals surface area contributed by atoms with Crippen molar-refractivity contribution in [2.75, 3.05) is 7.11 Å². The summed E-state index contributed by atoms with van der Waals surface area (Å²) in [5, 5.41) is 0. The lowest BCUT2D eigenvalue weighted by molar-refractivity contribution is 0.0465. The summed E-state index contributed by atoms with van der Waals surface area (Å²) in [6, 6.07) is 28.0. The van der Waals surface area contributed by atoms with Crippen LogP contribution in [0.4, 0.5) is 0 Å². The second kappa shape index (κ2) is 11.5. The highest BCUT2D eigenvalue weighted by Gasteiger charge is 2.20. The number of hydrogen-bond acceptors (Lipinski definition) is 7. The summed E-state index contributed by atoms with van der Waals surface area (Å²) in [7, 11) is 1.52. The van der Waals surface area contributed by atoms with E-state index in [1.165, 1.54) is 25.3 Å². The first-order valence-electron chi connectivity index (χ1n) is 11.0. The van der Waals surface area contributed by atoms with Gasteiger partial charge in [-0.15, -0.1) is 0 Å². The number of methoxy groups -OCH3 is 1. The zero-order valence-electron chi connectivity index (χ0n) is 19.4. The minimum absolute atomic E-state index is 0.0135. The molecule has 0 fully saturated rings. The Balaban J connectivity index is 1.57. The van der Waals surface area contributed by atoms with Gasteiger partial charge in [-0.1, -0.05) is 48.5 Å². The molecule has 0 aliphatic rings. The van der Waals surface area contributed by atoms with Gasteiger partial charge in [0, 0.05) is 0 Å². The van der Waals surface area contributed by atoms with E-state index in [1.807, 2.05) is 30.3 Å². The molecule has 7 nitrogen and oxygen atoms in total. The number of esters is 3. The van der Waals surface area contributed by atoms with Crippen molar-refractivity contribution in [3.63, 3.8) is 0 Å². The van der Waals surface area contributed by atoms with E-state index >= 15 is 0 Å². The van der Waals surface area contributed by atoms with Crippen LogP contribution in [0.2, 0.25) is 0 Å². The molecule has 180 valence electrons. The maximum absolute atomic E-state index is 13.0. The molecular formula is C29H22O7. The van der Waals surface area contributed by atoms with E-state index < -0.39 is 17.9 Å². The van der Waals surface area contributed by atoms with Gasteiger partial charge in [-0.3, -0.25) is 0 Å². The number of carbonyl (C=O) groups is 3. The van der Waals surface area contributed by atoms with Gasteiger partial charge >= 0.3 is 17.9 Å². The lowest BCUT2D eigenvalue weighted by Gasteiger charge is -2.13. The monoisotopic (exact) mass is 482 g/mol. The fourth-order valence-electron chi connectivity index (χ4n) is 3.25. The molecule has 0 bridgehead atoms. The Morgan fingerprint density at radius 1 is 0.611 bits per heavy atom. The Morgan fingerprint density at radius 2 is 1.19 bits per heavy atom. The smallest absolute Gasteiger partial charge is 0.343 e. The number of ether oxygens (including phenoxy) is 4. The summed E-state index contributed by atoms with van der Waals surface area (Å²) in [5.74, 6) is -1.37. The van der Waals surface area contributed by atoms with Gasteiger partial charge in [0.2, 0.25) is 0 Å². The molecule has 4 rings (SSSR count). The van der Waals surface area contributed by atoms with Crippen molar-refractivity contribution in [1.82, 2.24) is 0 Å². The number of benzene rings is 4. The van der Waals surface area contributed by atoms with Gasteiger partial charge in [-0.05, 0) is 60.2 Å². The van der Waals surface area contributed by atoms with Crippen LogP contribution in [-0.4, -0.2) is 25.0 Å². The first-order chi connectivity index (χ1) is 17.5. The highest BCUT2D eigenvalue weighted by atomic mass is 16.6. The Hall–Kier alpha value is -4.91. The first kappa shape index (κ1) is 24.2. The molecule has 7 heteroatoms. The van der Waals surface area contributed by atoms with Crippen LogP contribution in [0.25, 0.3) is 0 Å². The van der Waals surface area contributed by atoms with E-state index in [1.54, 1.807) is 54.6 Å². The average Bonchev–Trinajstić information content (AvgIpc) is 2.93. The lowest BCUT2D eigenvalue weighted by atomic mass is 10.1. The highest BCUT2D eigenvalue weighted by molar-refractivity contribution is 5.97. The Kier molecular flexibility index (Phi) is 7.73. The molecule has 0 spiro atoms. The Morgan fingerprint density at radius 3 is 1.86 bits per heavy atom. The zero-order chi connectivity index (χ0) is 25.3. The van der Waals surface area contributed by atoms with Gasteiger partial charge in [0.1, 0.15) is 29.4 Å². The standard InChI is InChI=1S/C29H22O7/c1-33-23-14-12-22(13-15-23)28(31)36-26-17-16-24(35-27(30)21-10-6-3-7-11-21)18-25(26)29(32)34-19-20-8-4-2-5-9-20/h2-18H,19H2,1H3. The molecule has 0 heterocycles. The summed E-state index contributed by atoms with van der Waals surface area (Å²) in [5.41, 5.74) is 1.33.